The minimum atomic E-state index is -0.951. The standard InChI is InChI=1S/C15H8Br2Cl2O2/c16-8-3-7-4-13(21-15(7)11(17)5-8)14(20)10-2-1-9(18)6-12(10)19/h1-6,14,20H/t14-/m1/s1. The topological polar surface area (TPSA) is 33.4 Å². The molecule has 0 radical (unpaired) electrons. The predicted octanol–water partition coefficient (Wildman–Crippen LogP) is 6.35. The summed E-state index contributed by atoms with van der Waals surface area (Å²) in [4.78, 5) is 0. The van der Waals surface area contributed by atoms with Crippen molar-refractivity contribution in [2.45, 2.75) is 6.10 Å². The molecule has 0 aliphatic rings. The van der Waals surface area contributed by atoms with Crippen LogP contribution in [-0.2, 0) is 0 Å². The Morgan fingerprint density at radius 1 is 1.05 bits per heavy atom. The second-order valence-corrected chi connectivity index (χ2v) is 7.14. The Bertz CT molecular complexity index is 830. The highest BCUT2D eigenvalue weighted by atomic mass is 79.9. The number of aliphatic hydroxyl groups is 1. The molecule has 0 saturated heterocycles. The molecule has 1 heterocycles. The zero-order valence-electron chi connectivity index (χ0n) is 10.4. The summed E-state index contributed by atoms with van der Waals surface area (Å²) >= 11 is 18.9. The molecule has 0 bridgehead atoms. The Kier molecular flexibility index (Phi) is 4.35. The molecule has 2 aromatic carbocycles. The fraction of sp³-hybridized carbons (Fsp3) is 0.0667. The molecule has 1 aromatic heterocycles. The Labute approximate surface area is 147 Å². The third kappa shape index (κ3) is 3.01. The van der Waals surface area contributed by atoms with Crippen LogP contribution in [0.2, 0.25) is 10.0 Å². The number of halogens is 4. The van der Waals surface area contributed by atoms with E-state index in [2.05, 4.69) is 31.9 Å². The van der Waals surface area contributed by atoms with E-state index in [0.29, 0.717) is 27.0 Å². The summed E-state index contributed by atoms with van der Waals surface area (Å²) in [6.07, 6.45) is -0.951. The fourth-order valence-corrected chi connectivity index (χ4v) is 3.96. The van der Waals surface area contributed by atoms with Crippen molar-refractivity contribution in [1.82, 2.24) is 0 Å². The lowest BCUT2D eigenvalue weighted by molar-refractivity contribution is 0.192. The molecule has 1 N–H and O–H groups in total. The molecule has 21 heavy (non-hydrogen) atoms. The molecule has 0 spiro atoms. The molecule has 0 aliphatic carbocycles. The zero-order valence-corrected chi connectivity index (χ0v) is 15.1. The van der Waals surface area contributed by atoms with E-state index in [1.165, 1.54) is 0 Å². The lowest BCUT2D eigenvalue weighted by Crippen LogP contribution is -1.98. The molecule has 3 rings (SSSR count). The third-order valence-corrected chi connectivity index (χ3v) is 4.69. The number of hydrogen-bond donors (Lipinski definition) is 1. The first-order chi connectivity index (χ1) is 9.95. The zero-order chi connectivity index (χ0) is 15.1. The van der Waals surface area contributed by atoms with Crippen LogP contribution in [0.25, 0.3) is 11.0 Å². The van der Waals surface area contributed by atoms with Gasteiger partial charge in [0.15, 0.2) is 0 Å². The van der Waals surface area contributed by atoms with Crippen molar-refractivity contribution in [3.63, 3.8) is 0 Å². The molecule has 3 aromatic rings. The van der Waals surface area contributed by atoms with Gasteiger partial charge in [-0.3, -0.25) is 0 Å². The quantitative estimate of drug-likeness (QED) is 0.493. The van der Waals surface area contributed by atoms with E-state index in [1.807, 2.05) is 12.1 Å². The van der Waals surface area contributed by atoms with Gasteiger partial charge in [0.25, 0.3) is 0 Å². The van der Waals surface area contributed by atoms with Gasteiger partial charge < -0.3 is 9.52 Å². The molecule has 1 atom stereocenters. The van der Waals surface area contributed by atoms with E-state index in [-0.39, 0.29) is 0 Å². The minimum Gasteiger partial charge on any atom is -0.457 e. The molecule has 0 aliphatic heterocycles. The van der Waals surface area contributed by atoms with Crippen LogP contribution in [-0.4, -0.2) is 5.11 Å². The monoisotopic (exact) mass is 448 g/mol. The fourth-order valence-electron chi connectivity index (χ4n) is 2.11. The van der Waals surface area contributed by atoms with Gasteiger partial charge in [0.1, 0.15) is 17.4 Å². The van der Waals surface area contributed by atoms with E-state index < -0.39 is 6.10 Å². The van der Waals surface area contributed by atoms with Crippen LogP contribution in [0.1, 0.15) is 17.4 Å². The summed E-state index contributed by atoms with van der Waals surface area (Å²) < 4.78 is 7.48. The van der Waals surface area contributed by atoms with Gasteiger partial charge >= 0.3 is 0 Å². The van der Waals surface area contributed by atoms with E-state index in [0.717, 1.165) is 14.3 Å². The van der Waals surface area contributed by atoms with Crippen molar-refractivity contribution in [2.24, 2.45) is 0 Å². The SMILES string of the molecule is O[C@@H](c1cc2cc(Br)cc(Br)c2o1)c1ccc(Cl)cc1Cl. The lowest BCUT2D eigenvalue weighted by atomic mass is 10.1. The highest BCUT2D eigenvalue weighted by Gasteiger charge is 2.19. The summed E-state index contributed by atoms with van der Waals surface area (Å²) in [6.45, 7) is 0. The first-order valence-corrected chi connectivity index (χ1v) is 8.31. The van der Waals surface area contributed by atoms with Gasteiger partial charge in [-0.15, -0.1) is 0 Å². The number of rotatable bonds is 2. The van der Waals surface area contributed by atoms with Gasteiger partial charge in [0.05, 0.1) is 4.47 Å². The summed E-state index contributed by atoms with van der Waals surface area (Å²) in [7, 11) is 0. The number of hydrogen-bond acceptors (Lipinski definition) is 2. The first kappa shape index (κ1) is 15.4. The van der Waals surface area contributed by atoms with Crippen LogP contribution in [0.5, 0.6) is 0 Å². The molecule has 0 saturated carbocycles. The van der Waals surface area contributed by atoms with Gasteiger partial charge in [-0.05, 0) is 46.3 Å². The van der Waals surface area contributed by atoms with Crippen molar-refractivity contribution in [2.75, 3.05) is 0 Å². The highest BCUT2D eigenvalue weighted by molar-refractivity contribution is 9.11. The summed E-state index contributed by atoms with van der Waals surface area (Å²) in [5.74, 6) is 0.424. The number of fused-ring (bicyclic) bond motifs is 1. The molecule has 108 valence electrons. The molecular weight excluding hydrogens is 443 g/mol. The second-order valence-electron chi connectivity index (χ2n) is 4.52. The van der Waals surface area contributed by atoms with E-state index in [1.54, 1.807) is 24.3 Å². The molecule has 0 amide bonds. The second kappa shape index (κ2) is 5.94. The van der Waals surface area contributed by atoms with Crippen molar-refractivity contribution in [3.8, 4) is 0 Å². The van der Waals surface area contributed by atoms with E-state index in [9.17, 15) is 5.11 Å². The first-order valence-electron chi connectivity index (χ1n) is 5.97. The van der Waals surface area contributed by atoms with Gasteiger partial charge in [0.2, 0.25) is 0 Å². The van der Waals surface area contributed by atoms with Crippen molar-refractivity contribution >= 4 is 66.0 Å². The molecular formula is C15H8Br2Cl2O2. The molecule has 6 heteroatoms. The summed E-state index contributed by atoms with van der Waals surface area (Å²) in [5, 5.41) is 12.3. The maximum absolute atomic E-state index is 10.5. The lowest BCUT2D eigenvalue weighted by Gasteiger charge is -2.10. The highest BCUT2D eigenvalue weighted by Crippen LogP contribution is 2.36. The number of benzene rings is 2. The van der Waals surface area contributed by atoms with Gasteiger partial charge in [0, 0.05) is 25.5 Å². The van der Waals surface area contributed by atoms with Crippen LogP contribution >= 0.6 is 55.1 Å². The minimum absolute atomic E-state index is 0.399. The Hall–Kier alpha value is -0.520. The Balaban J connectivity index is 2.09. The largest absolute Gasteiger partial charge is 0.457 e. The van der Waals surface area contributed by atoms with Crippen molar-refractivity contribution in [3.05, 3.63) is 66.7 Å². The molecule has 0 unspecified atom stereocenters. The molecule has 0 fully saturated rings. The average Bonchev–Trinajstić information content (AvgIpc) is 2.82. The maximum atomic E-state index is 10.5. The normalized spacial score (nSPS) is 12.8. The van der Waals surface area contributed by atoms with Gasteiger partial charge in [-0.2, -0.15) is 0 Å². The smallest absolute Gasteiger partial charge is 0.148 e. The Morgan fingerprint density at radius 3 is 2.52 bits per heavy atom. The van der Waals surface area contributed by atoms with Crippen LogP contribution in [0.4, 0.5) is 0 Å². The summed E-state index contributed by atoms with van der Waals surface area (Å²) in [5.41, 5.74) is 1.23. The van der Waals surface area contributed by atoms with E-state index in [4.69, 9.17) is 27.6 Å². The average molecular weight is 451 g/mol. The van der Waals surface area contributed by atoms with Crippen LogP contribution in [0, 0.1) is 0 Å². The number of furan rings is 1. The maximum Gasteiger partial charge on any atom is 0.148 e. The van der Waals surface area contributed by atoms with Crippen molar-refractivity contribution < 1.29 is 9.52 Å². The summed E-state index contributed by atoms with van der Waals surface area (Å²) in [6, 6.07) is 10.6. The number of aliphatic hydroxyl groups excluding tert-OH is 1. The molecule has 2 nitrogen and oxygen atoms in total. The van der Waals surface area contributed by atoms with Gasteiger partial charge in [-0.1, -0.05) is 45.2 Å². The predicted molar refractivity (Wildman–Crippen MR) is 92.1 cm³/mol. The van der Waals surface area contributed by atoms with E-state index >= 15 is 0 Å². The van der Waals surface area contributed by atoms with Crippen molar-refractivity contribution in [1.29, 1.82) is 0 Å². The van der Waals surface area contributed by atoms with Crippen LogP contribution in [0.3, 0.4) is 0 Å². The van der Waals surface area contributed by atoms with Crippen LogP contribution in [0.15, 0.2) is 49.8 Å². The third-order valence-electron chi connectivity index (χ3n) is 3.08. The Morgan fingerprint density at radius 2 is 1.81 bits per heavy atom. The van der Waals surface area contributed by atoms with Gasteiger partial charge in [-0.25, -0.2) is 0 Å². The van der Waals surface area contributed by atoms with Crippen LogP contribution < -0.4 is 0 Å².